The molecule has 0 bridgehead atoms. The van der Waals surface area contributed by atoms with Gasteiger partial charge < -0.3 is 24.9 Å². The van der Waals surface area contributed by atoms with Gasteiger partial charge in [0, 0.05) is 44.2 Å². The van der Waals surface area contributed by atoms with Gasteiger partial charge in [0.25, 0.3) is 5.91 Å². The number of likely N-dealkylation sites (tertiary alicyclic amines) is 2. The molecule has 0 aliphatic carbocycles. The Morgan fingerprint density at radius 1 is 0.906 bits per heavy atom. The quantitative estimate of drug-likeness (QED) is 0.725. The predicted molar refractivity (Wildman–Crippen MR) is 119 cm³/mol. The number of nitrogens with one attached hydrogen (secondary N) is 2. The first-order valence-corrected chi connectivity index (χ1v) is 11.3. The van der Waals surface area contributed by atoms with Gasteiger partial charge in [-0.2, -0.15) is 0 Å². The molecule has 2 N–H and O–H groups in total. The molecule has 1 aromatic heterocycles. The van der Waals surface area contributed by atoms with E-state index in [0.29, 0.717) is 44.6 Å². The highest BCUT2D eigenvalue weighted by Gasteiger charge is 2.27. The molecule has 1 aromatic carbocycles. The molecule has 8 heteroatoms. The highest BCUT2D eigenvalue weighted by atomic mass is 16.3. The van der Waals surface area contributed by atoms with Gasteiger partial charge in [-0.3, -0.25) is 9.59 Å². The van der Waals surface area contributed by atoms with Crippen LogP contribution in [0.4, 0.5) is 4.79 Å². The largest absolute Gasteiger partial charge is 0.467 e. The van der Waals surface area contributed by atoms with Gasteiger partial charge in [0.15, 0.2) is 0 Å². The number of urea groups is 1. The second-order valence-corrected chi connectivity index (χ2v) is 8.42. The monoisotopic (exact) mass is 438 g/mol. The Balaban J connectivity index is 1.21. The summed E-state index contributed by atoms with van der Waals surface area (Å²) in [6, 6.07) is 10.9. The van der Waals surface area contributed by atoms with Crippen LogP contribution >= 0.6 is 0 Å². The van der Waals surface area contributed by atoms with Crippen molar-refractivity contribution in [1.29, 1.82) is 0 Å². The van der Waals surface area contributed by atoms with Crippen molar-refractivity contribution in [3.05, 3.63) is 59.5 Å². The van der Waals surface area contributed by atoms with Gasteiger partial charge in [-0.1, -0.05) is 12.1 Å². The molecule has 3 heterocycles. The fraction of sp³-hybridized carbons (Fsp3) is 0.458. The van der Waals surface area contributed by atoms with Crippen molar-refractivity contribution in [3.8, 4) is 0 Å². The zero-order valence-electron chi connectivity index (χ0n) is 18.2. The van der Waals surface area contributed by atoms with Crippen LogP contribution < -0.4 is 10.6 Å². The highest BCUT2D eigenvalue weighted by Crippen LogP contribution is 2.18. The van der Waals surface area contributed by atoms with Crippen molar-refractivity contribution in [2.75, 3.05) is 26.2 Å². The van der Waals surface area contributed by atoms with E-state index in [1.54, 1.807) is 17.2 Å². The Hall–Kier alpha value is -3.29. The molecule has 0 saturated carbocycles. The summed E-state index contributed by atoms with van der Waals surface area (Å²) < 4.78 is 5.23. The average molecular weight is 439 g/mol. The molecule has 2 aliphatic heterocycles. The maximum atomic E-state index is 12.6. The number of carbonyl (C=O) groups excluding carboxylic acids is 3. The molecule has 2 aliphatic rings. The third kappa shape index (κ3) is 5.49. The Kier molecular flexibility index (Phi) is 7.09. The van der Waals surface area contributed by atoms with Gasteiger partial charge in [0.2, 0.25) is 5.91 Å². The second kappa shape index (κ2) is 10.3. The number of furan rings is 1. The Morgan fingerprint density at radius 2 is 1.69 bits per heavy atom. The van der Waals surface area contributed by atoms with E-state index < -0.39 is 0 Å². The molecule has 4 amide bonds. The fourth-order valence-electron chi connectivity index (χ4n) is 4.28. The van der Waals surface area contributed by atoms with Crippen LogP contribution in [0, 0.1) is 5.92 Å². The molecule has 170 valence electrons. The van der Waals surface area contributed by atoms with Gasteiger partial charge in [-0.25, -0.2) is 4.79 Å². The third-order valence-electron chi connectivity index (χ3n) is 6.18. The molecule has 2 saturated heterocycles. The second-order valence-electron chi connectivity index (χ2n) is 8.42. The van der Waals surface area contributed by atoms with E-state index >= 15 is 0 Å². The smallest absolute Gasteiger partial charge is 0.317 e. The van der Waals surface area contributed by atoms with E-state index in [9.17, 15) is 14.4 Å². The van der Waals surface area contributed by atoms with Crippen LogP contribution in [-0.2, 0) is 17.9 Å². The van der Waals surface area contributed by atoms with Gasteiger partial charge in [0.05, 0.1) is 12.8 Å². The van der Waals surface area contributed by atoms with Gasteiger partial charge in [0.1, 0.15) is 5.76 Å². The molecule has 4 rings (SSSR count). The van der Waals surface area contributed by atoms with E-state index in [4.69, 9.17) is 4.42 Å². The lowest BCUT2D eigenvalue weighted by atomic mass is 9.96. The SMILES string of the molecule is O=C(NCc1ccco1)C1CCN(C(=O)NCc2cccc(C(=O)N3CCCC3)c2)CC1. The Morgan fingerprint density at radius 3 is 2.41 bits per heavy atom. The lowest BCUT2D eigenvalue weighted by Gasteiger charge is -2.31. The van der Waals surface area contributed by atoms with E-state index in [1.807, 2.05) is 35.2 Å². The predicted octanol–water partition coefficient (Wildman–Crippen LogP) is 2.75. The molecule has 0 spiro atoms. The maximum Gasteiger partial charge on any atom is 0.317 e. The number of rotatable bonds is 6. The van der Waals surface area contributed by atoms with E-state index in [-0.39, 0.29) is 23.8 Å². The standard InChI is InChI=1S/C24H30N4O4/c29-22(25-17-21-7-4-14-32-21)19-8-12-28(13-9-19)24(31)26-16-18-5-3-6-20(15-18)23(30)27-10-1-2-11-27/h3-7,14-15,19H,1-2,8-13,16-17H2,(H,25,29)(H,26,31). The molecule has 0 atom stereocenters. The number of hydrogen-bond donors (Lipinski definition) is 2. The summed E-state index contributed by atoms with van der Waals surface area (Å²) in [6.07, 6.45) is 4.97. The lowest BCUT2D eigenvalue weighted by Crippen LogP contribution is -2.46. The average Bonchev–Trinajstić information content (AvgIpc) is 3.55. The minimum absolute atomic E-state index is 0.000873. The minimum Gasteiger partial charge on any atom is -0.467 e. The van der Waals surface area contributed by atoms with Crippen molar-refractivity contribution < 1.29 is 18.8 Å². The first-order chi connectivity index (χ1) is 15.6. The first-order valence-electron chi connectivity index (χ1n) is 11.3. The number of benzene rings is 1. The van der Waals surface area contributed by atoms with Crippen molar-refractivity contribution in [2.45, 2.75) is 38.8 Å². The summed E-state index contributed by atoms with van der Waals surface area (Å²) in [5.41, 5.74) is 1.57. The molecule has 32 heavy (non-hydrogen) atoms. The van der Waals surface area contributed by atoms with Gasteiger partial charge in [-0.15, -0.1) is 0 Å². The summed E-state index contributed by atoms with van der Waals surface area (Å²) in [7, 11) is 0. The summed E-state index contributed by atoms with van der Waals surface area (Å²) in [6.45, 7) is 3.46. The number of hydrogen-bond acceptors (Lipinski definition) is 4. The topological polar surface area (TPSA) is 94.9 Å². The van der Waals surface area contributed by atoms with E-state index in [1.165, 1.54) is 0 Å². The van der Waals surface area contributed by atoms with Crippen molar-refractivity contribution in [1.82, 2.24) is 20.4 Å². The van der Waals surface area contributed by atoms with Crippen LogP contribution in [0.1, 0.15) is 47.4 Å². The van der Waals surface area contributed by atoms with E-state index in [2.05, 4.69) is 10.6 Å². The molecule has 0 radical (unpaired) electrons. The first kappa shape index (κ1) is 21.9. The minimum atomic E-state index is -0.143. The zero-order valence-corrected chi connectivity index (χ0v) is 18.2. The molecular weight excluding hydrogens is 408 g/mol. The number of amides is 4. The third-order valence-corrected chi connectivity index (χ3v) is 6.18. The van der Waals surface area contributed by atoms with E-state index in [0.717, 1.165) is 37.3 Å². The van der Waals surface area contributed by atoms with Crippen LogP contribution in [0.15, 0.2) is 47.1 Å². The molecule has 2 fully saturated rings. The summed E-state index contributed by atoms with van der Waals surface area (Å²) in [5.74, 6) is 0.688. The van der Waals surface area contributed by atoms with Crippen molar-refractivity contribution in [2.24, 2.45) is 5.92 Å². The van der Waals surface area contributed by atoms with Crippen LogP contribution in [0.3, 0.4) is 0 Å². The van der Waals surface area contributed by atoms with Gasteiger partial charge >= 0.3 is 6.03 Å². The van der Waals surface area contributed by atoms with Crippen LogP contribution in [0.25, 0.3) is 0 Å². The van der Waals surface area contributed by atoms with Crippen LogP contribution in [0.5, 0.6) is 0 Å². The Labute approximate surface area is 187 Å². The molecule has 8 nitrogen and oxygen atoms in total. The molecule has 2 aromatic rings. The maximum absolute atomic E-state index is 12.6. The molecular formula is C24H30N4O4. The zero-order chi connectivity index (χ0) is 22.3. The Bertz CT molecular complexity index is 929. The van der Waals surface area contributed by atoms with Crippen LogP contribution in [-0.4, -0.2) is 53.8 Å². The van der Waals surface area contributed by atoms with Gasteiger partial charge in [-0.05, 0) is 55.5 Å². The number of piperidine rings is 1. The molecule has 0 unspecified atom stereocenters. The fourth-order valence-corrected chi connectivity index (χ4v) is 4.28. The van der Waals surface area contributed by atoms with Crippen molar-refractivity contribution >= 4 is 17.8 Å². The number of nitrogens with zero attached hydrogens (tertiary/aromatic N) is 2. The summed E-state index contributed by atoms with van der Waals surface area (Å²) >= 11 is 0. The lowest BCUT2D eigenvalue weighted by molar-refractivity contribution is -0.126. The number of carbonyl (C=O) groups is 3. The van der Waals surface area contributed by atoms with Crippen LogP contribution in [0.2, 0.25) is 0 Å². The normalized spacial score (nSPS) is 16.8. The highest BCUT2D eigenvalue weighted by molar-refractivity contribution is 5.94. The summed E-state index contributed by atoms with van der Waals surface area (Å²) in [5, 5.41) is 5.84. The van der Waals surface area contributed by atoms with Crippen molar-refractivity contribution in [3.63, 3.8) is 0 Å². The summed E-state index contributed by atoms with van der Waals surface area (Å²) in [4.78, 5) is 41.1.